The van der Waals surface area contributed by atoms with Crippen molar-refractivity contribution in [2.24, 2.45) is 10.9 Å². The van der Waals surface area contributed by atoms with Crippen LogP contribution in [0.4, 0.5) is 0 Å². The van der Waals surface area contributed by atoms with Gasteiger partial charge in [0, 0.05) is 23.9 Å². The van der Waals surface area contributed by atoms with Crippen molar-refractivity contribution in [1.29, 1.82) is 0 Å². The third-order valence-corrected chi connectivity index (χ3v) is 6.70. The highest BCUT2D eigenvalue weighted by Gasteiger charge is 2.21. The molecule has 160 valence electrons. The zero-order valence-electron chi connectivity index (χ0n) is 18.2. The average molecular weight is 418 g/mol. The van der Waals surface area contributed by atoms with E-state index in [-0.39, 0.29) is 0 Å². The third-order valence-electron chi connectivity index (χ3n) is 5.59. The Hall–Kier alpha value is -1.86. The Balaban J connectivity index is 1.41. The molecule has 2 aromatic heterocycles. The number of aryl methyl sites for hydroxylation is 2. The van der Waals surface area contributed by atoms with Gasteiger partial charge in [-0.25, -0.2) is 4.98 Å². The second-order valence-electron chi connectivity index (χ2n) is 7.99. The predicted molar refractivity (Wildman–Crippen MR) is 121 cm³/mol. The summed E-state index contributed by atoms with van der Waals surface area (Å²) in [7, 11) is 0. The molecule has 0 aromatic carbocycles. The van der Waals surface area contributed by atoms with E-state index in [1.807, 2.05) is 25.2 Å². The van der Waals surface area contributed by atoms with Gasteiger partial charge in [-0.05, 0) is 64.1 Å². The number of thiophene rings is 1. The fourth-order valence-electron chi connectivity index (χ4n) is 3.62. The van der Waals surface area contributed by atoms with Gasteiger partial charge < -0.3 is 15.1 Å². The van der Waals surface area contributed by atoms with Gasteiger partial charge in [-0.3, -0.25) is 9.89 Å². The first kappa shape index (κ1) is 21.8. The number of nitrogens with one attached hydrogen (secondary N) is 2. The number of hydrogen-bond donors (Lipinski definition) is 2. The number of hydrogen-bond acceptors (Lipinski definition) is 5. The highest BCUT2D eigenvalue weighted by Crippen LogP contribution is 2.21. The van der Waals surface area contributed by atoms with Crippen molar-refractivity contribution < 1.29 is 4.42 Å². The van der Waals surface area contributed by atoms with Gasteiger partial charge in [0.05, 0.1) is 18.8 Å². The van der Waals surface area contributed by atoms with Gasteiger partial charge >= 0.3 is 0 Å². The minimum atomic E-state index is 0.455. The summed E-state index contributed by atoms with van der Waals surface area (Å²) in [4.78, 5) is 13.2. The molecule has 3 heterocycles. The zero-order chi connectivity index (χ0) is 20.6. The Kier molecular flexibility index (Phi) is 8.12. The predicted octanol–water partition coefficient (Wildman–Crippen LogP) is 3.92. The molecule has 0 radical (unpaired) electrons. The zero-order valence-corrected chi connectivity index (χ0v) is 19.0. The van der Waals surface area contributed by atoms with Crippen LogP contribution in [0.15, 0.2) is 26.9 Å². The van der Waals surface area contributed by atoms with Crippen LogP contribution >= 0.6 is 11.3 Å². The number of likely N-dealkylation sites (tertiary alicyclic amines) is 1. The van der Waals surface area contributed by atoms with Crippen molar-refractivity contribution in [1.82, 2.24) is 20.5 Å². The highest BCUT2D eigenvalue weighted by atomic mass is 32.1. The van der Waals surface area contributed by atoms with Crippen LogP contribution in [-0.4, -0.2) is 48.6 Å². The molecule has 29 heavy (non-hydrogen) atoms. The van der Waals surface area contributed by atoms with E-state index >= 15 is 0 Å². The number of aromatic nitrogens is 1. The standard InChI is InChI=1S/C22H35N5OS/c1-5-23-22(24-13-16(2)20-7-6-12-29-20)25-14-19-8-10-27(11-9-19)15-21-26-17(3)18(4)28-21/h6-7,12,16,19H,5,8-11,13-15H2,1-4H3,(H2,23,24,25). The molecule has 3 rings (SSSR count). The van der Waals surface area contributed by atoms with E-state index in [2.05, 4.69) is 51.9 Å². The monoisotopic (exact) mass is 417 g/mol. The van der Waals surface area contributed by atoms with E-state index in [1.165, 1.54) is 17.7 Å². The molecule has 2 aromatic rings. The van der Waals surface area contributed by atoms with Gasteiger partial charge in [-0.1, -0.05) is 13.0 Å². The van der Waals surface area contributed by atoms with Gasteiger partial charge in [0.15, 0.2) is 5.96 Å². The van der Waals surface area contributed by atoms with Crippen LogP contribution in [0.2, 0.25) is 0 Å². The second-order valence-corrected chi connectivity index (χ2v) is 8.96. The molecule has 0 amide bonds. The molecular weight excluding hydrogens is 382 g/mol. The van der Waals surface area contributed by atoms with Crippen LogP contribution in [-0.2, 0) is 6.54 Å². The molecule has 1 aliphatic heterocycles. The maximum Gasteiger partial charge on any atom is 0.208 e. The van der Waals surface area contributed by atoms with Crippen molar-refractivity contribution in [3.63, 3.8) is 0 Å². The number of aliphatic imine (C=N–C) groups is 1. The molecular formula is C22H35N5OS. The van der Waals surface area contributed by atoms with Crippen molar-refractivity contribution in [3.8, 4) is 0 Å². The summed E-state index contributed by atoms with van der Waals surface area (Å²) in [6.07, 6.45) is 2.38. The van der Waals surface area contributed by atoms with Gasteiger partial charge in [-0.2, -0.15) is 0 Å². The maximum absolute atomic E-state index is 5.73. The van der Waals surface area contributed by atoms with E-state index < -0.39 is 0 Å². The summed E-state index contributed by atoms with van der Waals surface area (Å²) in [5, 5.41) is 9.08. The first-order valence-electron chi connectivity index (χ1n) is 10.8. The number of guanidine groups is 1. The summed E-state index contributed by atoms with van der Waals surface area (Å²) >= 11 is 1.81. The molecule has 6 nitrogen and oxygen atoms in total. The van der Waals surface area contributed by atoms with E-state index in [4.69, 9.17) is 9.41 Å². The van der Waals surface area contributed by atoms with Crippen LogP contribution in [0.3, 0.4) is 0 Å². The first-order valence-corrected chi connectivity index (χ1v) is 11.6. The molecule has 1 unspecified atom stereocenters. The third kappa shape index (κ3) is 6.57. The van der Waals surface area contributed by atoms with Gasteiger partial charge in [0.1, 0.15) is 5.76 Å². The Morgan fingerprint density at radius 1 is 1.34 bits per heavy atom. The number of rotatable bonds is 8. The van der Waals surface area contributed by atoms with Crippen LogP contribution in [0.25, 0.3) is 0 Å². The molecule has 1 saturated heterocycles. The van der Waals surface area contributed by atoms with Gasteiger partial charge in [-0.15, -0.1) is 11.3 Å². The van der Waals surface area contributed by atoms with E-state index in [1.54, 1.807) is 0 Å². The lowest BCUT2D eigenvalue weighted by molar-refractivity contribution is 0.164. The van der Waals surface area contributed by atoms with Crippen LogP contribution < -0.4 is 10.6 Å². The van der Waals surface area contributed by atoms with Crippen molar-refractivity contribution in [2.75, 3.05) is 32.7 Å². The summed E-state index contributed by atoms with van der Waals surface area (Å²) in [6.45, 7) is 14.0. The van der Waals surface area contributed by atoms with E-state index in [0.717, 1.165) is 62.6 Å². The minimum Gasteiger partial charge on any atom is -0.444 e. The lowest BCUT2D eigenvalue weighted by Crippen LogP contribution is -2.43. The highest BCUT2D eigenvalue weighted by molar-refractivity contribution is 7.10. The molecule has 0 saturated carbocycles. The Morgan fingerprint density at radius 2 is 2.14 bits per heavy atom. The number of piperidine rings is 1. The molecule has 1 atom stereocenters. The molecule has 2 N–H and O–H groups in total. The molecule has 1 aliphatic rings. The maximum atomic E-state index is 5.73. The topological polar surface area (TPSA) is 65.7 Å². The van der Waals surface area contributed by atoms with Crippen molar-refractivity contribution in [3.05, 3.63) is 39.7 Å². The normalized spacial score (nSPS) is 17.4. The molecule has 0 bridgehead atoms. The number of oxazole rings is 1. The average Bonchev–Trinajstić information content (AvgIpc) is 3.35. The Bertz CT molecular complexity index is 743. The fourth-order valence-corrected chi connectivity index (χ4v) is 4.40. The first-order chi connectivity index (χ1) is 14.0. The minimum absolute atomic E-state index is 0.455. The largest absolute Gasteiger partial charge is 0.444 e. The summed E-state index contributed by atoms with van der Waals surface area (Å²) in [5.74, 6) is 3.85. The van der Waals surface area contributed by atoms with E-state index in [9.17, 15) is 0 Å². The summed E-state index contributed by atoms with van der Waals surface area (Å²) in [5.41, 5.74) is 1.00. The van der Waals surface area contributed by atoms with Crippen molar-refractivity contribution in [2.45, 2.75) is 53.0 Å². The van der Waals surface area contributed by atoms with Gasteiger partial charge in [0.2, 0.25) is 5.89 Å². The summed E-state index contributed by atoms with van der Waals surface area (Å²) < 4.78 is 5.73. The summed E-state index contributed by atoms with van der Waals surface area (Å²) in [6, 6.07) is 4.31. The van der Waals surface area contributed by atoms with Gasteiger partial charge in [0.25, 0.3) is 0 Å². The number of nitrogens with zero attached hydrogens (tertiary/aromatic N) is 3. The van der Waals surface area contributed by atoms with Crippen LogP contribution in [0.5, 0.6) is 0 Å². The Morgan fingerprint density at radius 3 is 2.76 bits per heavy atom. The molecule has 1 fully saturated rings. The van der Waals surface area contributed by atoms with E-state index in [0.29, 0.717) is 11.8 Å². The lowest BCUT2D eigenvalue weighted by atomic mass is 9.97. The van der Waals surface area contributed by atoms with Crippen LogP contribution in [0.1, 0.15) is 54.8 Å². The molecule has 0 spiro atoms. The lowest BCUT2D eigenvalue weighted by Gasteiger charge is -2.31. The molecule has 7 heteroatoms. The Labute approximate surface area is 178 Å². The molecule has 0 aliphatic carbocycles. The second kappa shape index (κ2) is 10.8. The van der Waals surface area contributed by atoms with Crippen LogP contribution in [0, 0.1) is 19.8 Å². The SMILES string of the molecule is CCNC(=NCC(C)c1cccs1)NCC1CCN(Cc2nc(C)c(C)o2)CC1. The fraction of sp³-hybridized carbons (Fsp3) is 0.636. The van der Waals surface area contributed by atoms with Crippen molar-refractivity contribution >= 4 is 17.3 Å². The smallest absolute Gasteiger partial charge is 0.208 e. The quantitative estimate of drug-likeness (QED) is 0.503.